The third-order valence-electron chi connectivity index (χ3n) is 5.38. The van der Waals surface area contributed by atoms with Crippen LogP contribution in [-0.2, 0) is 0 Å². The van der Waals surface area contributed by atoms with E-state index in [2.05, 4.69) is 29.0 Å². The third kappa shape index (κ3) is 2.76. The van der Waals surface area contributed by atoms with E-state index in [-0.39, 0.29) is 5.78 Å². The van der Waals surface area contributed by atoms with E-state index < -0.39 is 0 Å². The number of likely N-dealkylation sites (tertiary alicyclic amines) is 1. The summed E-state index contributed by atoms with van der Waals surface area (Å²) in [5.74, 6) is 1.96. The van der Waals surface area contributed by atoms with Crippen molar-refractivity contribution in [3.8, 4) is 0 Å². The first-order chi connectivity index (χ1) is 11.1. The van der Waals surface area contributed by atoms with Gasteiger partial charge in [-0.15, -0.1) is 11.3 Å². The second-order valence-electron chi connectivity index (χ2n) is 6.92. The molecule has 2 aromatic rings. The zero-order chi connectivity index (χ0) is 16.0. The molecule has 122 valence electrons. The van der Waals surface area contributed by atoms with Crippen molar-refractivity contribution in [1.29, 1.82) is 0 Å². The van der Waals surface area contributed by atoms with Crippen LogP contribution in [0.15, 0.2) is 18.2 Å². The van der Waals surface area contributed by atoms with Crippen LogP contribution in [0, 0.1) is 5.92 Å². The fourth-order valence-corrected chi connectivity index (χ4v) is 5.04. The molecule has 5 heteroatoms. The minimum absolute atomic E-state index is 0.126. The average molecular weight is 329 g/mol. The van der Waals surface area contributed by atoms with E-state index in [0.717, 1.165) is 46.0 Å². The Labute approximate surface area is 141 Å². The number of carbonyl (C=O) groups excluding carboxylic acids is 1. The topological polar surface area (TPSA) is 36.4 Å². The molecule has 2 fully saturated rings. The molecule has 0 aromatic carbocycles. The predicted molar refractivity (Wildman–Crippen MR) is 95.6 cm³/mol. The standard InChI is InChI=1S/C18H23N3OS/c1-12(22)16-10-13-5-6-17(19-18(13)23-16)21-9-7-15-14(11-21)4-3-8-20(15)2/h5-6,10,14-15H,3-4,7-9,11H2,1-2H3. The van der Waals surface area contributed by atoms with Crippen molar-refractivity contribution in [3.05, 3.63) is 23.1 Å². The van der Waals surface area contributed by atoms with E-state index in [0.29, 0.717) is 0 Å². The summed E-state index contributed by atoms with van der Waals surface area (Å²) < 4.78 is 0. The van der Waals surface area contributed by atoms with Gasteiger partial charge in [-0.1, -0.05) is 0 Å². The number of Topliss-reactive ketones (excluding diaryl/α,β-unsaturated/α-hetero) is 1. The van der Waals surface area contributed by atoms with Gasteiger partial charge in [0.15, 0.2) is 5.78 Å². The van der Waals surface area contributed by atoms with Gasteiger partial charge in [-0.25, -0.2) is 4.98 Å². The molecule has 0 amide bonds. The van der Waals surface area contributed by atoms with Gasteiger partial charge >= 0.3 is 0 Å². The van der Waals surface area contributed by atoms with Crippen molar-refractivity contribution in [2.24, 2.45) is 5.92 Å². The van der Waals surface area contributed by atoms with Crippen LogP contribution in [0.25, 0.3) is 10.2 Å². The Morgan fingerprint density at radius 2 is 2.17 bits per heavy atom. The highest BCUT2D eigenvalue weighted by molar-refractivity contribution is 7.20. The van der Waals surface area contributed by atoms with Crippen LogP contribution in [0.2, 0.25) is 0 Å². The van der Waals surface area contributed by atoms with E-state index in [9.17, 15) is 4.79 Å². The molecule has 0 spiro atoms. The first-order valence-corrected chi connectivity index (χ1v) is 9.30. The van der Waals surface area contributed by atoms with Crippen LogP contribution in [-0.4, -0.2) is 48.4 Å². The number of hydrogen-bond acceptors (Lipinski definition) is 5. The summed E-state index contributed by atoms with van der Waals surface area (Å²) >= 11 is 1.51. The van der Waals surface area contributed by atoms with Gasteiger partial charge in [0.05, 0.1) is 4.88 Å². The van der Waals surface area contributed by atoms with Gasteiger partial charge in [0.1, 0.15) is 10.6 Å². The fourth-order valence-electron chi connectivity index (χ4n) is 4.12. The zero-order valence-electron chi connectivity index (χ0n) is 13.8. The number of anilines is 1. The second kappa shape index (κ2) is 5.87. The molecule has 0 N–H and O–H groups in total. The molecule has 2 aliphatic heterocycles. The number of rotatable bonds is 2. The highest BCUT2D eigenvalue weighted by Gasteiger charge is 2.34. The average Bonchev–Trinajstić information content (AvgIpc) is 2.98. The lowest BCUT2D eigenvalue weighted by Gasteiger charge is -2.46. The van der Waals surface area contributed by atoms with Gasteiger partial charge in [-0.3, -0.25) is 4.79 Å². The van der Waals surface area contributed by atoms with Crippen molar-refractivity contribution < 1.29 is 4.79 Å². The summed E-state index contributed by atoms with van der Waals surface area (Å²) in [6.45, 7) is 5.05. The summed E-state index contributed by atoms with van der Waals surface area (Å²) in [4.78, 5) is 23.2. The van der Waals surface area contributed by atoms with E-state index in [4.69, 9.17) is 4.98 Å². The highest BCUT2D eigenvalue weighted by Crippen LogP contribution is 2.33. The maximum atomic E-state index is 11.6. The van der Waals surface area contributed by atoms with Crippen molar-refractivity contribution in [1.82, 2.24) is 9.88 Å². The predicted octanol–water partition coefficient (Wildman–Crippen LogP) is 3.42. The van der Waals surface area contributed by atoms with E-state index in [1.807, 2.05) is 6.07 Å². The summed E-state index contributed by atoms with van der Waals surface area (Å²) in [6, 6.07) is 6.93. The van der Waals surface area contributed by atoms with Crippen LogP contribution in [0.5, 0.6) is 0 Å². The molecule has 4 nitrogen and oxygen atoms in total. The number of thiophene rings is 1. The lowest BCUT2D eigenvalue weighted by atomic mass is 9.84. The lowest BCUT2D eigenvalue weighted by Crippen LogP contribution is -2.52. The Morgan fingerprint density at radius 3 is 3.00 bits per heavy atom. The Balaban J connectivity index is 1.58. The molecule has 2 atom stereocenters. The number of carbonyl (C=O) groups is 1. The first kappa shape index (κ1) is 15.1. The number of ketones is 1. The molecule has 4 rings (SSSR count). The molecule has 23 heavy (non-hydrogen) atoms. The van der Waals surface area contributed by atoms with Gasteiger partial charge in [0.25, 0.3) is 0 Å². The quantitative estimate of drug-likeness (QED) is 0.791. The summed E-state index contributed by atoms with van der Waals surface area (Å²) in [7, 11) is 2.27. The maximum absolute atomic E-state index is 11.6. The summed E-state index contributed by atoms with van der Waals surface area (Å²) in [5.41, 5.74) is 0. The fraction of sp³-hybridized carbons (Fsp3) is 0.556. The molecule has 4 heterocycles. The first-order valence-electron chi connectivity index (χ1n) is 8.48. The number of pyridine rings is 1. The number of aromatic nitrogens is 1. The smallest absolute Gasteiger partial charge is 0.169 e. The Morgan fingerprint density at radius 1 is 1.30 bits per heavy atom. The number of nitrogens with zero attached hydrogens (tertiary/aromatic N) is 3. The molecule has 2 aliphatic rings. The third-order valence-corrected chi connectivity index (χ3v) is 6.53. The highest BCUT2D eigenvalue weighted by atomic mass is 32.1. The number of fused-ring (bicyclic) bond motifs is 2. The Hall–Kier alpha value is -1.46. The Bertz CT molecular complexity index is 741. The van der Waals surface area contributed by atoms with Crippen molar-refractivity contribution in [3.63, 3.8) is 0 Å². The number of piperidine rings is 2. The molecule has 2 saturated heterocycles. The molecular weight excluding hydrogens is 306 g/mol. The van der Waals surface area contributed by atoms with Crippen molar-refractivity contribution in [2.75, 3.05) is 31.6 Å². The van der Waals surface area contributed by atoms with Crippen LogP contribution < -0.4 is 4.90 Å². The molecule has 0 saturated carbocycles. The second-order valence-corrected chi connectivity index (χ2v) is 7.95. The van der Waals surface area contributed by atoms with E-state index in [1.54, 1.807) is 6.92 Å². The maximum Gasteiger partial charge on any atom is 0.169 e. The molecule has 2 unspecified atom stereocenters. The molecule has 2 aromatic heterocycles. The molecule has 0 radical (unpaired) electrons. The van der Waals surface area contributed by atoms with Gasteiger partial charge in [-0.2, -0.15) is 0 Å². The van der Waals surface area contributed by atoms with Gasteiger partial charge in [0, 0.05) is 24.5 Å². The lowest BCUT2D eigenvalue weighted by molar-refractivity contribution is 0.102. The minimum atomic E-state index is 0.126. The van der Waals surface area contributed by atoms with Crippen molar-refractivity contribution in [2.45, 2.75) is 32.2 Å². The molecular formula is C18H23N3OS. The monoisotopic (exact) mass is 329 g/mol. The minimum Gasteiger partial charge on any atom is -0.356 e. The normalized spacial score (nSPS) is 25.6. The van der Waals surface area contributed by atoms with Crippen LogP contribution in [0.1, 0.15) is 35.9 Å². The largest absolute Gasteiger partial charge is 0.356 e. The van der Waals surface area contributed by atoms with Crippen LogP contribution in [0.3, 0.4) is 0 Å². The summed E-state index contributed by atoms with van der Waals surface area (Å²) in [6.07, 6.45) is 3.87. The SMILES string of the molecule is CC(=O)c1cc2ccc(N3CCC4C(CCCN4C)C3)nc2s1. The van der Waals surface area contributed by atoms with Crippen molar-refractivity contribution >= 4 is 33.2 Å². The molecule has 0 aliphatic carbocycles. The van der Waals surface area contributed by atoms with E-state index in [1.165, 1.54) is 37.1 Å². The van der Waals surface area contributed by atoms with E-state index >= 15 is 0 Å². The van der Waals surface area contributed by atoms with Crippen LogP contribution in [0.4, 0.5) is 5.82 Å². The van der Waals surface area contributed by atoms with Gasteiger partial charge in [0.2, 0.25) is 0 Å². The number of hydrogen-bond donors (Lipinski definition) is 0. The Kier molecular flexibility index (Phi) is 3.85. The van der Waals surface area contributed by atoms with Gasteiger partial charge < -0.3 is 9.80 Å². The zero-order valence-corrected chi connectivity index (χ0v) is 14.6. The van der Waals surface area contributed by atoms with Crippen LogP contribution >= 0.6 is 11.3 Å². The molecule has 0 bridgehead atoms. The van der Waals surface area contributed by atoms with Gasteiger partial charge in [-0.05, 0) is 63.9 Å². The summed E-state index contributed by atoms with van der Waals surface area (Å²) in [5, 5.41) is 1.08.